The van der Waals surface area contributed by atoms with Gasteiger partial charge in [-0.1, -0.05) is 39.7 Å². The molecule has 0 unspecified atom stereocenters. The minimum absolute atomic E-state index is 0.00224. The maximum absolute atomic E-state index is 12.4. The summed E-state index contributed by atoms with van der Waals surface area (Å²) in [5.41, 5.74) is -0.381. The highest BCUT2D eigenvalue weighted by molar-refractivity contribution is 9.10. The number of ketones is 1. The van der Waals surface area contributed by atoms with Crippen molar-refractivity contribution in [3.05, 3.63) is 72.7 Å². The Labute approximate surface area is 149 Å². The number of non-ortho nitro benzene ring substituents is 1. The van der Waals surface area contributed by atoms with Gasteiger partial charge in [-0.15, -0.1) is 0 Å². The highest BCUT2D eigenvalue weighted by Crippen LogP contribution is 2.33. The topological polar surface area (TPSA) is 104 Å². The molecule has 0 heterocycles. The van der Waals surface area contributed by atoms with Gasteiger partial charge >= 0.3 is 0 Å². The molecule has 1 N–H and O–H groups in total. The molecule has 6 nitrogen and oxygen atoms in total. The molecule has 0 aliphatic rings. The van der Waals surface area contributed by atoms with E-state index in [0.29, 0.717) is 4.47 Å². The first kappa shape index (κ1) is 17.7. The van der Waals surface area contributed by atoms with Gasteiger partial charge in [-0.2, -0.15) is 5.26 Å². The molecule has 0 aromatic heterocycles. The standard InChI is InChI=1S/C16H8BrClN2O4/c17-12-5-10(16(22)14(18)7-12)4-11(8-19)15(21)9-2-1-3-13(6-9)20(23)24/h1-7,22H/b11-4+. The maximum atomic E-state index is 12.4. The van der Waals surface area contributed by atoms with Crippen LogP contribution in [0.1, 0.15) is 15.9 Å². The lowest BCUT2D eigenvalue weighted by molar-refractivity contribution is -0.384. The molecule has 0 aliphatic carbocycles. The van der Waals surface area contributed by atoms with Gasteiger partial charge in [-0.3, -0.25) is 14.9 Å². The maximum Gasteiger partial charge on any atom is 0.270 e. The van der Waals surface area contributed by atoms with E-state index in [-0.39, 0.29) is 33.2 Å². The fraction of sp³-hybridized carbons (Fsp3) is 0. The fourth-order valence-electron chi connectivity index (χ4n) is 1.92. The number of aromatic hydroxyl groups is 1. The van der Waals surface area contributed by atoms with Gasteiger partial charge in [-0.25, -0.2) is 0 Å². The van der Waals surface area contributed by atoms with Gasteiger partial charge in [0, 0.05) is 27.7 Å². The third-order valence-electron chi connectivity index (χ3n) is 3.04. The molecule has 2 rings (SSSR count). The van der Waals surface area contributed by atoms with E-state index >= 15 is 0 Å². The number of phenolic OH excluding ortho intramolecular Hbond substituents is 1. The zero-order valence-electron chi connectivity index (χ0n) is 11.9. The van der Waals surface area contributed by atoms with Crippen LogP contribution in [0.5, 0.6) is 5.75 Å². The third kappa shape index (κ3) is 3.79. The molecule has 0 saturated heterocycles. The molecule has 0 atom stereocenters. The number of rotatable bonds is 4. The fourth-order valence-corrected chi connectivity index (χ4v) is 2.75. The van der Waals surface area contributed by atoms with Crippen LogP contribution in [0.15, 0.2) is 46.4 Å². The third-order valence-corrected chi connectivity index (χ3v) is 3.79. The summed E-state index contributed by atoms with van der Waals surface area (Å²) in [7, 11) is 0. The summed E-state index contributed by atoms with van der Waals surface area (Å²) in [5, 5.41) is 30.0. The Kier molecular flexibility index (Phi) is 5.34. The number of phenols is 1. The van der Waals surface area contributed by atoms with Gasteiger partial charge < -0.3 is 5.11 Å². The second-order valence-electron chi connectivity index (χ2n) is 4.63. The Hall–Kier alpha value is -2.69. The van der Waals surface area contributed by atoms with Gasteiger partial charge in [0.1, 0.15) is 17.4 Å². The van der Waals surface area contributed by atoms with Crippen molar-refractivity contribution in [1.29, 1.82) is 5.26 Å². The van der Waals surface area contributed by atoms with Crippen LogP contribution in [0.4, 0.5) is 5.69 Å². The zero-order valence-corrected chi connectivity index (χ0v) is 14.2. The minimum Gasteiger partial charge on any atom is -0.506 e. The van der Waals surface area contributed by atoms with Crippen molar-refractivity contribution in [1.82, 2.24) is 0 Å². The molecule has 0 fully saturated rings. The molecule has 0 bridgehead atoms. The highest BCUT2D eigenvalue weighted by Gasteiger charge is 2.17. The van der Waals surface area contributed by atoms with E-state index in [0.717, 1.165) is 6.07 Å². The van der Waals surface area contributed by atoms with E-state index < -0.39 is 10.7 Å². The van der Waals surface area contributed by atoms with Gasteiger partial charge in [0.15, 0.2) is 0 Å². The van der Waals surface area contributed by atoms with Crippen LogP contribution in [0.25, 0.3) is 6.08 Å². The van der Waals surface area contributed by atoms with E-state index in [9.17, 15) is 25.3 Å². The molecule has 0 radical (unpaired) electrons. The highest BCUT2D eigenvalue weighted by atomic mass is 79.9. The van der Waals surface area contributed by atoms with Crippen molar-refractivity contribution in [2.75, 3.05) is 0 Å². The number of benzene rings is 2. The number of nitrogens with zero attached hydrogens (tertiary/aromatic N) is 2. The molecule has 0 spiro atoms. The first-order valence-electron chi connectivity index (χ1n) is 6.42. The molecule has 0 amide bonds. The molecular weight excluding hydrogens is 400 g/mol. The number of Topliss-reactive ketones (excluding diaryl/α,β-unsaturated/α-hetero) is 1. The number of halogens is 2. The van der Waals surface area contributed by atoms with Crippen molar-refractivity contribution >= 4 is 45.1 Å². The minimum atomic E-state index is -0.698. The smallest absolute Gasteiger partial charge is 0.270 e. The van der Waals surface area contributed by atoms with Crippen LogP contribution >= 0.6 is 27.5 Å². The lowest BCUT2D eigenvalue weighted by Gasteiger charge is -2.04. The lowest BCUT2D eigenvalue weighted by atomic mass is 10.0. The average Bonchev–Trinajstić information content (AvgIpc) is 2.56. The number of nitro benzene ring substituents is 1. The van der Waals surface area contributed by atoms with Crippen molar-refractivity contribution in [3.8, 4) is 11.8 Å². The van der Waals surface area contributed by atoms with E-state index in [1.54, 1.807) is 6.07 Å². The molecule has 120 valence electrons. The van der Waals surface area contributed by atoms with Crippen molar-refractivity contribution in [2.24, 2.45) is 0 Å². The van der Waals surface area contributed by atoms with Gasteiger partial charge in [0.25, 0.3) is 5.69 Å². The molecule has 2 aromatic carbocycles. The van der Waals surface area contributed by atoms with Crippen LogP contribution in [0.2, 0.25) is 5.02 Å². The predicted molar refractivity (Wildman–Crippen MR) is 91.8 cm³/mol. The van der Waals surface area contributed by atoms with E-state index in [1.165, 1.54) is 36.4 Å². The molecule has 0 saturated carbocycles. The van der Waals surface area contributed by atoms with Crippen LogP contribution < -0.4 is 0 Å². The quantitative estimate of drug-likeness (QED) is 0.264. The monoisotopic (exact) mass is 406 g/mol. The molecule has 24 heavy (non-hydrogen) atoms. The Bertz CT molecular complexity index is 919. The largest absolute Gasteiger partial charge is 0.506 e. The number of hydrogen-bond donors (Lipinski definition) is 1. The van der Waals surface area contributed by atoms with E-state index in [2.05, 4.69) is 15.9 Å². The zero-order chi connectivity index (χ0) is 17.9. The summed E-state index contributed by atoms with van der Waals surface area (Å²) < 4.78 is 0.552. The van der Waals surface area contributed by atoms with Crippen molar-refractivity contribution < 1.29 is 14.8 Å². The van der Waals surface area contributed by atoms with Crippen LogP contribution in [0.3, 0.4) is 0 Å². The van der Waals surface area contributed by atoms with E-state index in [4.69, 9.17) is 11.6 Å². The summed E-state index contributed by atoms with van der Waals surface area (Å²) in [6, 6.07) is 9.73. The Morgan fingerprint density at radius 3 is 2.71 bits per heavy atom. The summed E-state index contributed by atoms with van der Waals surface area (Å²) in [6.07, 6.45) is 1.17. The average molecular weight is 408 g/mol. The second-order valence-corrected chi connectivity index (χ2v) is 5.95. The van der Waals surface area contributed by atoms with Crippen LogP contribution in [-0.2, 0) is 0 Å². The van der Waals surface area contributed by atoms with Crippen molar-refractivity contribution in [3.63, 3.8) is 0 Å². The summed E-state index contributed by atoms with van der Waals surface area (Å²) >= 11 is 9.04. The Morgan fingerprint density at radius 2 is 2.08 bits per heavy atom. The lowest BCUT2D eigenvalue weighted by Crippen LogP contribution is -2.03. The SMILES string of the molecule is N#C/C(=C\c1cc(Br)cc(Cl)c1O)C(=O)c1cccc([N+](=O)[O-])c1. The first-order valence-corrected chi connectivity index (χ1v) is 7.59. The number of hydrogen-bond acceptors (Lipinski definition) is 5. The van der Waals surface area contributed by atoms with Crippen LogP contribution in [0, 0.1) is 21.4 Å². The summed E-state index contributed by atoms with van der Waals surface area (Å²) in [5.74, 6) is -0.976. The molecular formula is C16H8BrClN2O4. The van der Waals surface area contributed by atoms with Gasteiger partial charge in [0.2, 0.25) is 5.78 Å². The van der Waals surface area contributed by atoms with Gasteiger partial charge in [0.05, 0.1) is 9.95 Å². The second kappa shape index (κ2) is 7.25. The first-order chi connectivity index (χ1) is 11.3. The molecule has 0 aliphatic heterocycles. The molecule has 2 aromatic rings. The van der Waals surface area contributed by atoms with E-state index in [1.807, 2.05) is 0 Å². The number of allylic oxidation sites excluding steroid dienone is 1. The van der Waals surface area contributed by atoms with Crippen LogP contribution in [-0.4, -0.2) is 15.8 Å². The summed E-state index contributed by atoms with van der Waals surface area (Å²) in [4.78, 5) is 22.6. The number of carbonyl (C=O) groups is 1. The number of carbonyl (C=O) groups excluding carboxylic acids is 1. The Morgan fingerprint density at radius 1 is 1.38 bits per heavy atom. The number of nitro groups is 1. The molecule has 8 heteroatoms. The van der Waals surface area contributed by atoms with Crippen molar-refractivity contribution in [2.45, 2.75) is 0 Å². The summed E-state index contributed by atoms with van der Waals surface area (Å²) in [6.45, 7) is 0. The normalized spacial score (nSPS) is 11.0. The Balaban J connectivity index is 2.49. The number of nitriles is 1. The van der Waals surface area contributed by atoms with Gasteiger partial charge in [-0.05, 0) is 18.2 Å². The predicted octanol–water partition coefficient (Wildman–Crippen LogP) is 4.51.